The Kier molecular flexibility index (Phi) is 4.85. The molecule has 1 amide bonds. The summed E-state index contributed by atoms with van der Waals surface area (Å²) < 4.78 is 0. The van der Waals surface area contributed by atoms with Crippen LogP contribution in [0.3, 0.4) is 0 Å². The number of amides is 1. The maximum Gasteiger partial charge on any atom is 0.264 e. The van der Waals surface area contributed by atoms with Crippen LogP contribution in [0.5, 0.6) is 0 Å². The first kappa shape index (κ1) is 17.6. The zero-order chi connectivity index (χ0) is 18.8. The van der Waals surface area contributed by atoms with Crippen molar-refractivity contribution in [2.24, 2.45) is 0 Å². The molecule has 4 rings (SSSR count). The lowest BCUT2D eigenvalue weighted by atomic mass is 9.90. The Morgan fingerprint density at radius 1 is 1.30 bits per heavy atom. The summed E-state index contributed by atoms with van der Waals surface area (Å²) in [6.45, 7) is 3.17. The van der Waals surface area contributed by atoms with E-state index in [1.807, 2.05) is 30.5 Å². The molecule has 7 heteroatoms. The van der Waals surface area contributed by atoms with E-state index >= 15 is 0 Å². The van der Waals surface area contributed by atoms with Crippen molar-refractivity contribution >= 4 is 17.2 Å². The molecule has 1 aliphatic rings. The van der Waals surface area contributed by atoms with Gasteiger partial charge in [-0.15, -0.1) is 11.3 Å². The number of carbonyl (C=O) groups is 1. The van der Waals surface area contributed by atoms with Gasteiger partial charge in [-0.3, -0.25) is 9.59 Å². The van der Waals surface area contributed by atoms with Gasteiger partial charge in [0.15, 0.2) is 5.82 Å². The molecule has 138 valence electrons. The molecule has 3 heterocycles. The Morgan fingerprint density at radius 3 is 2.81 bits per heavy atom. The van der Waals surface area contributed by atoms with E-state index in [1.165, 1.54) is 23.1 Å². The molecule has 0 aliphatic carbocycles. The van der Waals surface area contributed by atoms with Crippen LogP contribution in [0.2, 0.25) is 0 Å². The van der Waals surface area contributed by atoms with E-state index in [2.05, 4.69) is 27.1 Å². The highest BCUT2D eigenvalue weighted by molar-refractivity contribution is 7.09. The number of hydrogen-bond acceptors (Lipinski definition) is 5. The second kappa shape index (κ2) is 7.44. The van der Waals surface area contributed by atoms with E-state index in [9.17, 15) is 9.59 Å². The van der Waals surface area contributed by atoms with E-state index in [1.54, 1.807) is 4.90 Å². The van der Waals surface area contributed by atoms with Crippen LogP contribution in [0.1, 0.15) is 39.7 Å². The Labute approximate surface area is 160 Å². The topological polar surface area (TPSA) is 79.0 Å². The smallest absolute Gasteiger partial charge is 0.264 e. The van der Waals surface area contributed by atoms with Gasteiger partial charge in [-0.05, 0) is 25.3 Å². The summed E-state index contributed by atoms with van der Waals surface area (Å²) in [6, 6.07) is 10.2. The number of aromatic amines is 1. The fourth-order valence-corrected chi connectivity index (χ4v) is 4.08. The van der Waals surface area contributed by atoms with Gasteiger partial charge >= 0.3 is 0 Å². The Morgan fingerprint density at radius 2 is 2.11 bits per heavy atom. The molecule has 6 nitrogen and oxygen atoms in total. The van der Waals surface area contributed by atoms with Gasteiger partial charge in [-0.1, -0.05) is 30.3 Å². The SMILES string of the molecule is Cc1nc(-c2ncc(C(=O)N3CCC[C@@H](c4ccccc4)C3)c(=O)[nH]2)cs1. The molecule has 1 N–H and O–H groups in total. The molecule has 27 heavy (non-hydrogen) atoms. The molecule has 1 aromatic carbocycles. The molecular weight excluding hydrogens is 360 g/mol. The van der Waals surface area contributed by atoms with Crippen molar-refractivity contribution in [3.63, 3.8) is 0 Å². The van der Waals surface area contributed by atoms with Crippen molar-refractivity contribution in [3.8, 4) is 11.5 Å². The zero-order valence-electron chi connectivity index (χ0n) is 15.0. The molecule has 1 aliphatic heterocycles. The number of aryl methyl sites for hydroxylation is 1. The van der Waals surface area contributed by atoms with Crippen molar-refractivity contribution in [2.75, 3.05) is 13.1 Å². The predicted molar refractivity (Wildman–Crippen MR) is 105 cm³/mol. The number of aromatic nitrogens is 3. The zero-order valence-corrected chi connectivity index (χ0v) is 15.8. The number of nitrogens with zero attached hydrogens (tertiary/aromatic N) is 3. The lowest BCUT2D eigenvalue weighted by molar-refractivity contribution is 0.0705. The summed E-state index contributed by atoms with van der Waals surface area (Å²) in [6.07, 6.45) is 3.34. The second-order valence-corrected chi connectivity index (χ2v) is 7.79. The minimum atomic E-state index is -0.419. The molecule has 0 radical (unpaired) electrons. The maximum absolute atomic E-state index is 12.9. The highest BCUT2D eigenvalue weighted by atomic mass is 32.1. The average molecular weight is 380 g/mol. The Balaban J connectivity index is 1.54. The predicted octanol–water partition coefficient (Wildman–Crippen LogP) is 3.22. The molecule has 0 unspecified atom stereocenters. The largest absolute Gasteiger partial charge is 0.338 e. The molecule has 1 fully saturated rings. The first-order valence-electron chi connectivity index (χ1n) is 8.98. The molecule has 0 bridgehead atoms. The first-order valence-corrected chi connectivity index (χ1v) is 9.86. The highest BCUT2D eigenvalue weighted by Crippen LogP contribution is 2.27. The Bertz CT molecular complexity index is 1010. The van der Waals surface area contributed by atoms with Gasteiger partial charge < -0.3 is 9.88 Å². The second-order valence-electron chi connectivity index (χ2n) is 6.73. The summed E-state index contributed by atoms with van der Waals surface area (Å²) in [5, 5.41) is 2.73. The maximum atomic E-state index is 12.9. The minimum absolute atomic E-state index is 0.0828. The number of benzene rings is 1. The summed E-state index contributed by atoms with van der Waals surface area (Å²) in [5.41, 5.74) is 1.52. The third kappa shape index (κ3) is 3.68. The average Bonchev–Trinajstić information content (AvgIpc) is 3.14. The minimum Gasteiger partial charge on any atom is -0.338 e. The van der Waals surface area contributed by atoms with E-state index in [4.69, 9.17) is 0 Å². The molecule has 0 spiro atoms. The number of H-pyrrole nitrogens is 1. The van der Waals surface area contributed by atoms with Crippen molar-refractivity contribution in [1.29, 1.82) is 0 Å². The third-order valence-corrected chi connectivity index (χ3v) is 5.64. The molecule has 1 atom stereocenters. The monoisotopic (exact) mass is 380 g/mol. The third-order valence-electron chi connectivity index (χ3n) is 4.87. The van der Waals surface area contributed by atoms with E-state index in [-0.39, 0.29) is 11.5 Å². The first-order chi connectivity index (χ1) is 13.1. The molecule has 0 saturated carbocycles. The normalized spacial score (nSPS) is 17.1. The van der Waals surface area contributed by atoms with E-state index in [0.717, 1.165) is 17.8 Å². The van der Waals surface area contributed by atoms with Crippen LogP contribution in [-0.4, -0.2) is 38.8 Å². The van der Waals surface area contributed by atoms with Crippen LogP contribution in [0.4, 0.5) is 0 Å². The summed E-state index contributed by atoms with van der Waals surface area (Å²) in [5.74, 6) is 0.431. The van der Waals surface area contributed by atoms with Crippen molar-refractivity contribution in [1.82, 2.24) is 19.9 Å². The molecular formula is C20H20N4O2S. The van der Waals surface area contributed by atoms with Crippen LogP contribution >= 0.6 is 11.3 Å². The summed E-state index contributed by atoms with van der Waals surface area (Å²) in [7, 11) is 0. The van der Waals surface area contributed by atoms with Crippen molar-refractivity contribution < 1.29 is 4.79 Å². The van der Waals surface area contributed by atoms with Crippen LogP contribution in [0, 0.1) is 6.92 Å². The van der Waals surface area contributed by atoms with E-state index in [0.29, 0.717) is 30.5 Å². The number of thiazole rings is 1. The fraction of sp³-hybridized carbons (Fsp3) is 0.300. The van der Waals surface area contributed by atoms with Gasteiger partial charge in [-0.2, -0.15) is 0 Å². The number of rotatable bonds is 3. The van der Waals surface area contributed by atoms with Gasteiger partial charge in [-0.25, -0.2) is 9.97 Å². The number of carbonyl (C=O) groups excluding carboxylic acids is 1. The van der Waals surface area contributed by atoms with Gasteiger partial charge in [0.2, 0.25) is 0 Å². The number of likely N-dealkylation sites (tertiary alicyclic amines) is 1. The van der Waals surface area contributed by atoms with Crippen molar-refractivity contribution in [2.45, 2.75) is 25.7 Å². The molecule has 1 saturated heterocycles. The standard InChI is InChI=1S/C20H20N4O2S/c1-13-22-17(12-27-13)18-21-10-16(19(25)23-18)20(26)24-9-5-8-15(11-24)14-6-3-2-4-7-14/h2-4,6-7,10,12,15H,5,8-9,11H2,1H3,(H,21,23,25)/t15-/m1/s1. The van der Waals surface area contributed by atoms with Gasteiger partial charge in [0.25, 0.3) is 11.5 Å². The van der Waals surface area contributed by atoms with Gasteiger partial charge in [0.05, 0.1) is 5.01 Å². The fourth-order valence-electron chi connectivity index (χ4n) is 3.48. The quantitative estimate of drug-likeness (QED) is 0.757. The lowest BCUT2D eigenvalue weighted by Crippen LogP contribution is -2.41. The van der Waals surface area contributed by atoms with Crippen LogP contribution in [0.15, 0.2) is 46.7 Å². The Hall–Kier alpha value is -2.80. The molecule has 3 aromatic rings. The summed E-state index contributed by atoms with van der Waals surface area (Å²) in [4.78, 5) is 38.4. The van der Waals surface area contributed by atoms with Gasteiger partial charge in [0.1, 0.15) is 11.3 Å². The lowest BCUT2D eigenvalue weighted by Gasteiger charge is -2.32. The van der Waals surface area contributed by atoms with Crippen LogP contribution < -0.4 is 5.56 Å². The van der Waals surface area contributed by atoms with E-state index < -0.39 is 5.56 Å². The van der Waals surface area contributed by atoms with Crippen LogP contribution in [0.25, 0.3) is 11.5 Å². The highest BCUT2D eigenvalue weighted by Gasteiger charge is 2.27. The van der Waals surface area contributed by atoms with Crippen LogP contribution in [-0.2, 0) is 0 Å². The van der Waals surface area contributed by atoms with Gasteiger partial charge in [0, 0.05) is 30.6 Å². The number of nitrogens with one attached hydrogen (secondary N) is 1. The van der Waals surface area contributed by atoms with Crippen molar-refractivity contribution in [3.05, 3.63) is 68.4 Å². The number of hydrogen-bond donors (Lipinski definition) is 1. The molecule has 2 aromatic heterocycles. The summed E-state index contributed by atoms with van der Waals surface area (Å²) >= 11 is 1.49. The number of piperidine rings is 1.